The second-order valence-corrected chi connectivity index (χ2v) is 9.57. The zero-order valence-corrected chi connectivity index (χ0v) is 19.9. The van der Waals surface area contributed by atoms with Crippen molar-refractivity contribution in [3.63, 3.8) is 0 Å². The molecule has 2 heterocycles. The molecule has 1 aliphatic heterocycles. The van der Waals surface area contributed by atoms with Gasteiger partial charge in [-0.3, -0.25) is 14.2 Å². The van der Waals surface area contributed by atoms with Gasteiger partial charge in [0.05, 0.1) is 34.3 Å². The molecule has 0 saturated heterocycles. The first-order valence-corrected chi connectivity index (χ1v) is 12.4. The Labute approximate surface area is 195 Å². The molecule has 4 rings (SSSR count). The van der Waals surface area contributed by atoms with Crippen LogP contribution in [0.3, 0.4) is 0 Å². The fraction of sp³-hybridized carbons (Fsp3) is 0.292. The van der Waals surface area contributed by atoms with Gasteiger partial charge in [-0.1, -0.05) is 30.0 Å². The van der Waals surface area contributed by atoms with Gasteiger partial charge in [0.2, 0.25) is 5.91 Å². The summed E-state index contributed by atoms with van der Waals surface area (Å²) in [5.41, 5.74) is 4.31. The predicted molar refractivity (Wildman–Crippen MR) is 131 cm³/mol. The Morgan fingerprint density at radius 1 is 1.22 bits per heavy atom. The molecule has 0 spiro atoms. The molecule has 0 fully saturated rings. The fourth-order valence-corrected chi connectivity index (χ4v) is 5.52. The molecule has 1 N–H and O–H groups in total. The number of fused-ring (bicyclic) bond motifs is 1. The minimum Gasteiger partial charge on any atom is -0.492 e. The van der Waals surface area contributed by atoms with Gasteiger partial charge in [-0.05, 0) is 56.2 Å². The number of aryl methyl sites for hydroxylation is 3. The van der Waals surface area contributed by atoms with Gasteiger partial charge in [-0.25, -0.2) is 4.98 Å². The van der Waals surface area contributed by atoms with Gasteiger partial charge in [0.15, 0.2) is 5.16 Å². The zero-order valence-electron chi connectivity index (χ0n) is 18.3. The Kier molecular flexibility index (Phi) is 6.91. The molecule has 32 heavy (non-hydrogen) atoms. The number of aromatic nitrogens is 2. The van der Waals surface area contributed by atoms with Crippen molar-refractivity contribution in [2.75, 3.05) is 23.4 Å². The van der Waals surface area contributed by atoms with Crippen molar-refractivity contribution in [3.05, 3.63) is 69.6 Å². The Morgan fingerprint density at radius 3 is 2.72 bits per heavy atom. The Morgan fingerprint density at radius 2 is 1.97 bits per heavy atom. The summed E-state index contributed by atoms with van der Waals surface area (Å²) in [5, 5.41) is 3.44. The highest BCUT2D eigenvalue weighted by Crippen LogP contribution is 2.30. The molecule has 6 nitrogen and oxygen atoms in total. The summed E-state index contributed by atoms with van der Waals surface area (Å²) < 4.78 is 7.23. The van der Waals surface area contributed by atoms with Gasteiger partial charge in [-0.2, -0.15) is 0 Å². The van der Waals surface area contributed by atoms with Crippen LogP contribution in [0.2, 0.25) is 0 Å². The van der Waals surface area contributed by atoms with Gasteiger partial charge in [0.25, 0.3) is 5.56 Å². The standard InChI is InChI=1S/C24H25N3O3S2/c1-4-30-20-8-6-5-7-18(20)25-21(28)14-32-24-26-19-9-10-31-22(19)23(29)27(24)17-12-15(2)11-16(3)13-17/h5-8,11-13H,4,9-10,14H2,1-3H3,(H,25,28). The molecular formula is C24H25N3O3S2. The van der Waals surface area contributed by atoms with E-state index < -0.39 is 0 Å². The van der Waals surface area contributed by atoms with Crippen molar-refractivity contribution < 1.29 is 9.53 Å². The molecule has 0 atom stereocenters. The van der Waals surface area contributed by atoms with E-state index in [1.54, 1.807) is 16.3 Å². The maximum atomic E-state index is 13.3. The molecule has 0 radical (unpaired) electrons. The normalized spacial score (nSPS) is 12.5. The Bertz CT molecular complexity index is 1200. The minimum absolute atomic E-state index is 0.0629. The molecule has 0 saturated carbocycles. The summed E-state index contributed by atoms with van der Waals surface area (Å²) in [6.45, 7) is 6.43. The van der Waals surface area contributed by atoms with Crippen LogP contribution in [-0.4, -0.2) is 33.6 Å². The maximum Gasteiger partial charge on any atom is 0.272 e. The van der Waals surface area contributed by atoms with Gasteiger partial charge in [-0.15, -0.1) is 11.8 Å². The first-order chi connectivity index (χ1) is 15.5. The molecule has 0 aliphatic carbocycles. The highest BCUT2D eigenvalue weighted by atomic mass is 32.2. The highest BCUT2D eigenvalue weighted by Gasteiger charge is 2.23. The van der Waals surface area contributed by atoms with Crippen LogP contribution in [0.1, 0.15) is 23.7 Å². The first-order valence-electron chi connectivity index (χ1n) is 10.5. The lowest BCUT2D eigenvalue weighted by atomic mass is 10.1. The lowest BCUT2D eigenvalue weighted by Gasteiger charge is -2.15. The number of rotatable bonds is 7. The summed E-state index contributed by atoms with van der Waals surface area (Å²) in [5.74, 6) is 1.43. The number of ether oxygens (including phenoxy) is 1. The molecule has 1 aliphatic rings. The van der Waals surface area contributed by atoms with E-state index in [1.807, 2.05) is 57.2 Å². The third-order valence-corrected chi connectivity index (χ3v) is 6.97. The summed E-state index contributed by atoms with van der Waals surface area (Å²) in [6.07, 6.45) is 0.768. The number of carbonyl (C=O) groups is 1. The second kappa shape index (κ2) is 9.83. The predicted octanol–water partition coefficient (Wildman–Crippen LogP) is 4.63. The number of nitrogens with one attached hydrogen (secondary N) is 1. The lowest BCUT2D eigenvalue weighted by Crippen LogP contribution is -2.25. The van der Waals surface area contributed by atoms with E-state index in [0.29, 0.717) is 28.1 Å². The SMILES string of the molecule is CCOc1ccccc1NC(=O)CSc1nc2c(c(=O)n1-c1cc(C)cc(C)c1)SCC2. The number of carbonyl (C=O) groups excluding carboxylic acids is 1. The van der Waals surface area contributed by atoms with Crippen molar-refractivity contribution in [1.82, 2.24) is 9.55 Å². The molecule has 1 amide bonds. The molecule has 0 unspecified atom stereocenters. The number of nitrogens with zero attached hydrogens (tertiary/aromatic N) is 2. The van der Waals surface area contributed by atoms with E-state index in [4.69, 9.17) is 9.72 Å². The van der Waals surface area contributed by atoms with Gasteiger partial charge in [0.1, 0.15) is 5.75 Å². The van der Waals surface area contributed by atoms with E-state index in [1.165, 1.54) is 11.8 Å². The van der Waals surface area contributed by atoms with E-state index in [2.05, 4.69) is 11.4 Å². The lowest BCUT2D eigenvalue weighted by molar-refractivity contribution is -0.113. The molecule has 166 valence electrons. The fourth-order valence-electron chi connectivity index (χ4n) is 3.66. The van der Waals surface area contributed by atoms with Crippen molar-refractivity contribution in [2.45, 2.75) is 37.2 Å². The quantitative estimate of drug-likeness (QED) is 0.404. The summed E-state index contributed by atoms with van der Waals surface area (Å²) in [6, 6.07) is 13.4. The molecule has 1 aromatic heterocycles. The molecule has 3 aromatic rings. The van der Waals surface area contributed by atoms with Crippen molar-refractivity contribution in [3.8, 4) is 11.4 Å². The molecule has 0 bridgehead atoms. The third kappa shape index (κ3) is 4.86. The van der Waals surface area contributed by atoms with Gasteiger partial charge in [0, 0.05) is 12.2 Å². The second-order valence-electron chi connectivity index (χ2n) is 7.52. The van der Waals surface area contributed by atoms with Crippen molar-refractivity contribution in [1.29, 1.82) is 0 Å². The zero-order chi connectivity index (χ0) is 22.7. The van der Waals surface area contributed by atoms with Crippen LogP contribution >= 0.6 is 23.5 Å². The summed E-state index contributed by atoms with van der Waals surface area (Å²) >= 11 is 2.82. The smallest absolute Gasteiger partial charge is 0.272 e. The summed E-state index contributed by atoms with van der Waals surface area (Å²) in [4.78, 5) is 31.5. The van der Waals surface area contributed by atoms with Gasteiger partial charge >= 0.3 is 0 Å². The first kappa shape index (κ1) is 22.5. The molecule has 8 heteroatoms. The number of thioether (sulfide) groups is 2. The maximum absolute atomic E-state index is 13.3. The summed E-state index contributed by atoms with van der Waals surface area (Å²) in [7, 11) is 0. The average Bonchev–Trinajstić information content (AvgIpc) is 3.22. The Hall–Kier alpha value is -2.71. The van der Waals surface area contributed by atoms with Crippen LogP contribution in [0.4, 0.5) is 5.69 Å². The van der Waals surface area contributed by atoms with Crippen LogP contribution in [0.15, 0.2) is 57.3 Å². The van der Waals surface area contributed by atoms with E-state index in [9.17, 15) is 9.59 Å². The van der Waals surface area contributed by atoms with Crippen LogP contribution < -0.4 is 15.6 Å². The molecular weight excluding hydrogens is 442 g/mol. The van der Waals surface area contributed by atoms with E-state index >= 15 is 0 Å². The van der Waals surface area contributed by atoms with Crippen LogP contribution in [0.5, 0.6) is 5.75 Å². The number of hydrogen-bond acceptors (Lipinski definition) is 6. The monoisotopic (exact) mass is 467 g/mol. The number of para-hydroxylation sites is 2. The number of anilines is 1. The van der Waals surface area contributed by atoms with Crippen LogP contribution in [-0.2, 0) is 11.2 Å². The van der Waals surface area contributed by atoms with E-state index in [0.717, 1.165) is 34.7 Å². The number of benzene rings is 2. The van der Waals surface area contributed by atoms with Crippen molar-refractivity contribution >= 4 is 35.1 Å². The van der Waals surface area contributed by atoms with Crippen molar-refractivity contribution in [2.24, 2.45) is 0 Å². The van der Waals surface area contributed by atoms with Crippen LogP contribution in [0, 0.1) is 13.8 Å². The number of amides is 1. The number of hydrogen-bond donors (Lipinski definition) is 1. The Balaban J connectivity index is 1.62. The van der Waals surface area contributed by atoms with E-state index in [-0.39, 0.29) is 17.2 Å². The third-order valence-electron chi connectivity index (χ3n) is 4.92. The van der Waals surface area contributed by atoms with Gasteiger partial charge < -0.3 is 10.1 Å². The topological polar surface area (TPSA) is 73.2 Å². The van der Waals surface area contributed by atoms with Crippen LogP contribution in [0.25, 0.3) is 5.69 Å². The largest absolute Gasteiger partial charge is 0.492 e. The average molecular weight is 468 g/mol. The molecule has 2 aromatic carbocycles. The highest BCUT2D eigenvalue weighted by molar-refractivity contribution is 8.00. The minimum atomic E-state index is -0.182.